The summed E-state index contributed by atoms with van der Waals surface area (Å²) in [6.45, 7) is 5.08. The highest BCUT2D eigenvalue weighted by molar-refractivity contribution is 5.54. The van der Waals surface area contributed by atoms with Crippen molar-refractivity contribution in [3.8, 4) is 17.2 Å². The molecule has 0 radical (unpaired) electrons. The van der Waals surface area contributed by atoms with Crippen molar-refractivity contribution in [2.75, 3.05) is 54.6 Å². The van der Waals surface area contributed by atoms with Gasteiger partial charge in [0.2, 0.25) is 5.75 Å². The Morgan fingerprint density at radius 2 is 1.74 bits per heavy atom. The first-order chi connectivity index (χ1) is 11.0. The summed E-state index contributed by atoms with van der Waals surface area (Å²) in [5, 5.41) is 9.97. The van der Waals surface area contributed by atoms with Gasteiger partial charge in [0, 0.05) is 25.7 Å². The molecule has 2 unspecified atom stereocenters. The first-order valence-corrected chi connectivity index (χ1v) is 7.90. The van der Waals surface area contributed by atoms with Gasteiger partial charge in [-0.2, -0.15) is 0 Å². The lowest BCUT2D eigenvalue weighted by Gasteiger charge is -2.41. The fraction of sp³-hybridized carbons (Fsp3) is 0.647. The Kier molecular flexibility index (Phi) is 6.10. The highest BCUT2D eigenvalue weighted by Gasteiger charge is 2.28. The molecule has 6 heteroatoms. The SMILES string of the molecule is COc1cc(C(CO)N2CCN(C)C(C)C2)cc(OC)c1OC. The van der Waals surface area contributed by atoms with Gasteiger partial charge in [-0.3, -0.25) is 4.90 Å². The average Bonchev–Trinajstić information content (AvgIpc) is 2.57. The summed E-state index contributed by atoms with van der Waals surface area (Å²) in [5.41, 5.74) is 0.971. The molecule has 1 heterocycles. The number of rotatable bonds is 6. The quantitative estimate of drug-likeness (QED) is 0.853. The van der Waals surface area contributed by atoms with Crippen LogP contribution < -0.4 is 14.2 Å². The molecule has 0 aromatic heterocycles. The molecule has 23 heavy (non-hydrogen) atoms. The first-order valence-electron chi connectivity index (χ1n) is 7.90. The number of piperazine rings is 1. The van der Waals surface area contributed by atoms with Crippen LogP contribution in [0.4, 0.5) is 0 Å². The Hall–Kier alpha value is -1.50. The number of nitrogens with zero attached hydrogens (tertiary/aromatic N) is 2. The minimum absolute atomic E-state index is 0.0507. The summed E-state index contributed by atoms with van der Waals surface area (Å²) in [5.74, 6) is 1.80. The largest absolute Gasteiger partial charge is 0.493 e. The fourth-order valence-electron chi connectivity index (χ4n) is 3.09. The van der Waals surface area contributed by atoms with Crippen LogP contribution in [-0.2, 0) is 0 Å². The zero-order valence-corrected chi connectivity index (χ0v) is 14.7. The molecule has 2 atom stereocenters. The Morgan fingerprint density at radius 1 is 1.13 bits per heavy atom. The lowest BCUT2D eigenvalue weighted by molar-refractivity contribution is 0.0462. The second-order valence-electron chi connectivity index (χ2n) is 5.98. The molecule has 1 aliphatic rings. The van der Waals surface area contributed by atoms with Crippen molar-refractivity contribution in [1.82, 2.24) is 9.80 Å². The van der Waals surface area contributed by atoms with Gasteiger partial charge in [-0.25, -0.2) is 0 Å². The topological polar surface area (TPSA) is 54.4 Å². The average molecular weight is 324 g/mol. The van der Waals surface area contributed by atoms with Crippen LogP contribution in [0.2, 0.25) is 0 Å². The van der Waals surface area contributed by atoms with Crippen molar-refractivity contribution in [2.45, 2.75) is 19.0 Å². The third-order valence-corrected chi connectivity index (χ3v) is 4.68. The Labute approximate surface area is 138 Å². The number of benzene rings is 1. The third kappa shape index (κ3) is 3.71. The van der Waals surface area contributed by atoms with E-state index in [0.717, 1.165) is 25.2 Å². The van der Waals surface area contributed by atoms with E-state index in [2.05, 4.69) is 23.8 Å². The Morgan fingerprint density at radius 3 is 2.17 bits per heavy atom. The summed E-state index contributed by atoms with van der Waals surface area (Å²) >= 11 is 0. The van der Waals surface area contributed by atoms with E-state index in [0.29, 0.717) is 23.3 Å². The highest BCUT2D eigenvalue weighted by atomic mass is 16.5. The lowest BCUT2D eigenvalue weighted by atomic mass is 10.0. The Bertz CT molecular complexity index is 498. The molecule has 0 amide bonds. The van der Waals surface area contributed by atoms with E-state index < -0.39 is 0 Å². The molecule has 2 rings (SSSR count). The molecule has 1 aliphatic heterocycles. The molecule has 0 aliphatic carbocycles. The first kappa shape index (κ1) is 17.8. The van der Waals surface area contributed by atoms with Crippen LogP contribution in [0.15, 0.2) is 12.1 Å². The predicted octanol–water partition coefficient (Wildman–Crippen LogP) is 1.38. The number of ether oxygens (including phenoxy) is 3. The molecule has 1 aromatic carbocycles. The van der Waals surface area contributed by atoms with E-state index in [-0.39, 0.29) is 12.6 Å². The van der Waals surface area contributed by atoms with Crippen LogP contribution in [-0.4, -0.2) is 75.6 Å². The number of aliphatic hydroxyl groups is 1. The van der Waals surface area contributed by atoms with Crippen LogP contribution in [0, 0.1) is 0 Å². The van der Waals surface area contributed by atoms with Gasteiger partial charge < -0.3 is 24.2 Å². The normalized spacial score (nSPS) is 21.0. The summed E-state index contributed by atoms with van der Waals surface area (Å²) in [6, 6.07) is 4.22. The van der Waals surface area contributed by atoms with Crippen molar-refractivity contribution in [3.63, 3.8) is 0 Å². The van der Waals surface area contributed by atoms with Crippen molar-refractivity contribution >= 4 is 0 Å². The van der Waals surface area contributed by atoms with Gasteiger partial charge in [-0.15, -0.1) is 0 Å². The molecule has 0 saturated carbocycles. The van der Waals surface area contributed by atoms with Crippen LogP contribution >= 0.6 is 0 Å². The maximum atomic E-state index is 9.97. The van der Waals surface area contributed by atoms with Crippen LogP contribution in [0.25, 0.3) is 0 Å². The van der Waals surface area contributed by atoms with Gasteiger partial charge >= 0.3 is 0 Å². The van der Waals surface area contributed by atoms with Gasteiger partial charge in [0.25, 0.3) is 0 Å². The van der Waals surface area contributed by atoms with E-state index in [1.54, 1.807) is 21.3 Å². The van der Waals surface area contributed by atoms with Crippen molar-refractivity contribution in [3.05, 3.63) is 17.7 Å². The van der Waals surface area contributed by atoms with E-state index in [9.17, 15) is 5.11 Å². The molecule has 1 saturated heterocycles. The Balaban J connectivity index is 2.34. The van der Waals surface area contributed by atoms with Crippen molar-refractivity contribution < 1.29 is 19.3 Å². The minimum Gasteiger partial charge on any atom is -0.493 e. The highest BCUT2D eigenvalue weighted by Crippen LogP contribution is 2.40. The predicted molar refractivity (Wildman–Crippen MR) is 89.6 cm³/mol. The molecule has 0 spiro atoms. The number of hydrogen-bond donors (Lipinski definition) is 1. The van der Waals surface area contributed by atoms with Gasteiger partial charge in [0.05, 0.1) is 34.0 Å². The second-order valence-corrected chi connectivity index (χ2v) is 5.98. The monoisotopic (exact) mass is 324 g/mol. The zero-order valence-electron chi connectivity index (χ0n) is 14.7. The summed E-state index contributed by atoms with van der Waals surface area (Å²) < 4.78 is 16.2. The number of aliphatic hydroxyl groups excluding tert-OH is 1. The number of methoxy groups -OCH3 is 3. The van der Waals surface area contributed by atoms with Gasteiger partial charge in [-0.1, -0.05) is 0 Å². The van der Waals surface area contributed by atoms with E-state index >= 15 is 0 Å². The lowest BCUT2D eigenvalue weighted by Crippen LogP contribution is -2.51. The second kappa shape index (κ2) is 7.86. The molecular formula is C17H28N2O4. The zero-order chi connectivity index (χ0) is 17.0. The summed E-state index contributed by atoms with van der Waals surface area (Å²) in [6.07, 6.45) is 0. The summed E-state index contributed by atoms with van der Waals surface area (Å²) in [7, 11) is 6.93. The molecule has 1 aromatic rings. The van der Waals surface area contributed by atoms with E-state index in [1.165, 1.54) is 0 Å². The van der Waals surface area contributed by atoms with Crippen molar-refractivity contribution in [1.29, 1.82) is 0 Å². The standard InChI is InChI=1S/C17H28N2O4/c1-12-10-19(7-6-18(12)2)14(11-20)13-8-15(21-3)17(23-5)16(9-13)22-4/h8-9,12,14,20H,6-7,10-11H2,1-5H3. The van der Waals surface area contributed by atoms with E-state index in [1.807, 2.05) is 12.1 Å². The molecule has 6 nitrogen and oxygen atoms in total. The van der Waals surface area contributed by atoms with Gasteiger partial charge in [0.15, 0.2) is 11.5 Å². The van der Waals surface area contributed by atoms with Crippen LogP contribution in [0.3, 0.4) is 0 Å². The third-order valence-electron chi connectivity index (χ3n) is 4.68. The maximum Gasteiger partial charge on any atom is 0.203 e. The smallest absolute Gasteiger partial charge is 0.203 e. The number of likely N-dealkylation sites (N-methyl/N-ethyl adjacent to an activating group) is 1. The van der Waals surface area contributed by atoms with Gasteiger partial charge in [0.1, 0.15) is 0 Å². The van der Waals surface area contributed by atoms with E-state index in [4.69, 9.17) is 14.2 Å². The summed E-state index contributed by atoms with van der Waals surface area (Å²) in [4.78, 5) is 4.64. The fourth-order valence-corrected chi connectivity index (χ4v) is 3.09. The molecule has 1 fully saturated rings. The van der Waals surface area contributed by atoms with Crippen LogP contribution in [0.5, 0.6) is 17.2 Å². The van der Waals surface area contributed by atoms with Crippen molar-refractivity contribution in [2.24, 2.45) is 0 Å². The van der Waals surface area contributed by atoms with Gasteiger partial charge in [-0.05, 0) is 31.7 Å². The molecule has 130 valence electrons. The molecule has 0 bridgehead atoms. The van der Waals surface area contributed by atoms with Crippen LogP contribution in [0.1, 0.15) is 18.5 Å². The molecule has 1 N–H and O–H groups in total. The number of hydrogen-bond acceptors (Lipinski definition) is 6. The minimum atomic E-state index is -0.0835. The molecular weight excluding hydrogens is 296 g/mol. The maximum absolute atomic E-state index is 9.97.